The van der Waals surface area contributed by atoms with Crippen LogP contribution < -0.4 is 0 Å². The van der Waals surface area contributed by atoms with Gasteiger partial charge in [-0.2, -0.15) is 0 Å². The molecule has 70 valence electrons. The first-order valence-corrected chi connectivity index (χ1v) is 6.22. The maximum atomic E-state index is 10.9. The van der Waals surface area contributed by atoms with Gasteiger partial charge in [0.25, 0.3) is 0 Å². The largest absolute Gasteiger partial charge is 0.287 e. The fraction of sp³-hybridized carbons (Fsp3) is 1.00. The van der Waals surface area contributed by atoms with E-state index in [1.54, 1.807) is 6.26 Å². The summed E-state index contributed by atoms with van der Waals surface area (Å²) in [4.78, 5) is 0. The first-order valence-electron chi connectivity index (χ1n) is 4.73. The van der Waals surface area contributed by atoms with Crippen LogP contribution in [0.1, 0.15) is 38.5 Å². The van der Waals surface area contributed by atoms with Gasteiger partial charge in [0.2, 0.25) is 0 Å². The summed E-state index contributed by atoms with van der Waals surface area (Å²) < 4.78 is 16.4. The second-order valence-electron chi connectivity index (χ2n) is 4.09. The normalized spacial score (nSPS) is 34.9. The monoisotopic (exact) mass is 188 g/mol. The topological polar surface area (TPSA) is 26.3 Å². The summed E-state index contributed by atoms with van der Waals surface area (Å²) in [6, 6.07) is 0. The second kappa shape index (κ2) is 3.11. The Morgan fingerprint density at radius 1 is 1.33 bits per heavy atom. The minimum atomic E-state index is -1.07. The van der Waals surface area contributed by atoms with Gasteiger partial charge in [0.05, 0.1) is 6.10 Å². The van der Waals surface area contributed by atoms with Crippen molar-refractivity contribution < 1.29 is 8.39 Å². The second-order valence-corrected chi connectivity index (χ2v) is 5.09. The molecule has 0 aromatic carbocycles. The Morgan fingerprint density at radius 3 is 2.67 bits per heavy atom. The first kappa shape index (κ1) is 8.70. The molecular weight excluding hydrogens is 172 g/mol. The van der Waals surface area contributed by atoms with Gasteiger partial charge >= 0.3 is 0 Å². The van der Waals surface area contributed by atoms with Gasteiger partial charge in [-0.05, 0) is 31.1 Å². The van der Waals surface area contributed by atoms with Crippen LogP contribution in [0.2, 0.25) is 0 Å². The Kier molecular flexibility index (Phi) is 2.25. The molecule has 3 heteroatoms. The highest BCUT2D eigenvalue weighted by Crippen LogP contribution is 2.57. The van der Waals surface area contributed by atoms with Gasteiger partial charge in [0, 0.05) is 6.26 Å². The molecule has 2 aliphatic rings. The first-order chi connectivity index (χ1) is 5.73. The minimum absolute atomic E-state index is 0.303. The molecule has 12 heavy (non-hydrogen) atoms. The average Bonchev–Trinajstić information content (AvgIpc) is 2.75. The van der Waals surface area contributed by atoms with E-state index in [-0.39, 0.29) is 0 Å². The highest BCUT2D eigenvalue weighted by Gasteiger charge is 2.51. The third-order valence-corrected chi connectivity index (χ3v) is 3.72. The van der Waals surface area contributed by atoms with E-state index in [1.807, 2.05) is 0 Å². The van der Waals surface area contributed by atoms with Gasteiger partial charge in [-0.25, -0.2) is 4.21 Å². The van der Waals surface area contributed by atoms with Crippen LogP contribution in [0.15, 0.2) is 0 Å². The summed E-state index contributed by atoms with van der Waals surface area (Å²) >= 11 is -1.07. The van der Waals surface area contributed by atoms with Crippen molar-refractivity contribution in [1.82, 2.24) is 0 Å². The van der Waals surface area contributed by atoms with Crippen LogP contribution in [-0.4, -0.2) is 16.6 Å². The van der Waals surface area contributed by atoms with Gasteiger partial charge in [-0.3, -0.25) is 4.18 Å². The van der Waals surface area contributed by atoms with E-state index < -0.39 is 11.1 Å². The molecule has 1 unspecified atom stereocenters. The smallest absolute Gasteiger partial charge is 0.152 e. The number of hydrogen-bond acceptors (Lipinski definition) is 2. The lowest BCUT2D eigenvalue weighted by Gasteiger charge is -2.30. The Labute approximate surface area is 76.3 Å². The van der Waals surface area contributed by atoms with Crippen molar-refractivity contribution in [3.05, 3.63) is 0 Å². The van der Waals surface area contributed by atoms with Crippen LogP contribution >= 0.6 is 0 Å². The number of rotatable bonds is 2. The predicted octanol–water partition coefficient (Wildman–Crippen LogP) is 2.02. The highest BCUT2D eigenvalue weighted by atomic mass is 32.2. The zero-order valence-corrected chi connectivity index (χ0v) is 8.36. The molecule has 2 rings (SSSR count). The van der Waals surface area contributed by atoms with Gasteiger partial charge in [0.1, 0.15) is 0 Å². The van der Waals surface area contributed by atoms with Gasteiger partial charge in [-0.15, -0.1) is 0 Å². The van der Waals surface area contributed by atoms with Crippen molar-refractivity contribution in [3.63, 3.8) is 0 Å². The Balaban J connectivity index is 1.97. The molecule has 0 saturated heterocycles. The fourth-order valence-electron chi connectivity index (χ4n) is 2.32. The maximum Gasteiger partial charge on any atom is 0.152 e. The lowest BCUT2D eigenvalue weighted by Crippen LogP contribution is -2.29. The molecule has 2 aliphatic carbocycles. The van der Waals surface area contributed by atoms with E-state index in [9.17, 15) is 4.21 Å². The van der Waals surface area contributed by atoms with Crippen molar-refractivity contribution in [2.75, 3.05) is 6.26 Å². The zero-order valence-electron chi connectivity index (χ0n) is 7.54. The van der Waals surface area contributed by atoms with E-state index in [1.165, 1.54) is 32.1 Å². The van der Waals surface area contributed by atoms with Crippen molar-refractivity contribution in [1.29, 1.82) is 0 Å². The summed E-state index contributed by atoms with van der Waals surface area (Å²) in [5.41, 5.74) is 0.462. The van der Waals surface area contributed by atoms with E-state index in [0.717, 1.165) is 6.42 Å². The summed E-state index contributed by atoms with van der Waals surface area (Å²) in [5.74, 6) is 0. The summed E-state index contributed by atoms with van der Waals surface area (Å²) in [7, 11) is 0. The molecule has 0 amide bonds. The number of hydrogen-bond donors (Lipinski definition) is 0. The molecule has 0 heterocycles. The molecule has 1 spiro atoms. The zero-order chi connectivity index (χ0) is 8.60. The maximum absolute atomic E-state index is 10.9. The lowest BCUT2D eigenvalue weighted by molar-refractivity contribution is 0.0913. The van der Waals surface area contributed by atoms with E-state index in [0.29, 0.717) is 11.5 Å². The molecule has 0 aromatic heterocycles. The fourth-order valence-corrected chi connectivity index (χ4v) is 2.95. The molecule has 2 fully saturated rings. The van der Waals surface area contributed by atoms with E-state index >= 15 is 0 Å². The average molecular weight is 188 g/mol. The van der Waals surface area contributed by atoms with Gasteiger partial charge in [0.15, 0.2) is 11.1 Å². The van der Waals surface area contributed by atoms with Crippen molar-refractivity contribution in [2.45, 2.75) is 44.6 Å². The van der Waals surface area contributed by atoms with Crippen LogP contribution in [0, 0.1) is 5.41 Å². The van der Waals surface area contributed by atoms with Crippen molar-refractivity contribution in [2.24, 2.45) is 5.41 Å². The minimum Gasteiger partial charge on any atom is -0.287 e. The predicted molar refractivity (Wildman–Crippen MR) is 49.1 cm³/mol. The van der Waals surface area contributed by atoms with Crippen LogP contribution in [0.5, 0.6) is 0 Å². The molecule has 2 atom stereocenters. The molecule has 0 aromatic rings. The van der Waals surface area contributed by atoms with Crippen molar-refractivity contribution >= 4 is 11.1 Å². The third kappa shape index (κ3) is 1.57. The van der Waals surface area contributed by atoms with E-state index in [4.69, 9.17) is 4.18 Å². The third-order valence-electron chi connectivity index (χ3n) is 3.22. The van der Waals surface area contributed by atoms with Crippen LogP contribution in [0.3, 0.4) is 0 Å². The van der Waals surface area contributed by atoms with Gasteiger partial charge in [-0.1, -0.05) is 12.8 Å². The van der Waals surface area contributed by atoms with Crippen LogP contribution in [-0.2, 0) is 15.3 Å². The molecule has 2 nitrogen and oxygen atoms in total. The SMILES string of the molecule is CS(=O)O[C@H]1CCCCC12CC2. The molecule has 0 bridgehead atoms. The van der Waals surface area contributed by atoms with E-state index in [2.05, 4.69) is 0 Å². The molecule has 2 saturated carbocycles. The van der Waals surface area contributed by atoms with Crippen LogP contribution in [0.4, 0.5) is 0 Å². The van der Waals surface area contributed by atoms with Crippen molar-refractivity contribution in [3.8, 4) is 0 Å². The van der Waals surface area contributed by atoms with Crippen LogP contribution in [0.25, 0.3) is 0 Å². The summed E-state index contributed by atoms with van der Waals surface area (Å²) in [5, 5.41) is 0. The summed E-state index contributed by atoms with van der Waals surface area (Å²) in [6.45, 7) is 0. The molecule has 0 radical (unpaired) electrons. The molecule has 0 N–H and O–H groups in total. The highest BCUT2D eigenvalue weighted by molar-refractivity contribution is 7.79. The van der Waals surface area contributed by atoms with Gasteiger partial charge < -0.3 is 0 Å². The lowest BCUT2D eigenvalue weighted by atomic mass is 9.84. The Bertz CT molecular complexity index is 199. The quantitative estimate of drug-likeness (QED) is 0.662. The Hall–Kier alpha value is 0.110. The molecule has 0 aliphatic heterocycles. The standard InChI is InChI=1S/C9H16O2S/c1-12(10)11-8-4-2-3-5-9(8)6-7-9/h8H,2-7H2,1H3/t8-,12?/m0/s1. The summed E-state index contributed by atoms with van der Waals surface area (Å²) in [6.07, 6.45) is 9.56. The molecular formula is C9H16O2S. The Morgan fingerprint density at radius 2 is 2.08 bits per heavy atom.